The molecule has 0 spiro atoms. The van der Waals surface area contributed by atoms with Gasteiger partial charge in [0, 0.05) is 11.3 Å². The summed E-state index contributed by atoms with van der Waals surface area (Å²) in [7, 11) is 0. The minimum Gasteiger partial charge on any atom is -0.464 e. The number of benzene rings is 1. The molecule has 22 heavy (non-hydrogen) atoms. The third kappa shape index (κ3) is 5.13. The summed E-state index contributed by atoms with van der Waals surface area (Å²) in [5, 5.41) is 5.34. The first-order valence-corrected chi connectivity index (χ1v) is 7.32. The van der Waals surface area contributed by atoms with Gasteiger partial charge in [0.25, 0.3) is 0 Å². The number of carbonyl (C=O) groups excluding carboxylic acids is 2. The van der Waals surface area contributed by atoms with Gasteiger partial charge in [-0.3, -0.25) is 0 Å². The zero-order valence-electron chi connectivity index (χ0n) is 13.2. The van der Waals surface area contributed by atoms with E-state index in [0.29, 0.717) is 5.69 Å². The normalized spacial score (nSPS) is 12.6. The van der Waals surface area contributed by atoms with Crippen LogP contribution in [-0.2, 0) is 9.53 Å². The average molecular weight is 302 g/mol. The summed E-state index contributed by atoms with van der Waals surface area (Å²) < 4.78 is 5.00. The van der Waals surface area contributed by atoms with Gasteiger partial charge in [-0.15, -0.1) is 6.42 Å². The van der Waals surface area contributed by atoms with Gasteiger partial charge in [0.1, 0.15) is 6.04 Å². The maximum atomic E-state index is 12.0. The molecule has 0 aliphatic heterocycles. The highest BCUT2D eigenvalue weighted by atomic mass is 16.5. The van der Waals surface area contributed by atoms with Crippen molar-refractivity contribution >= 4 is 17.7 Å². The molecule has 0 unspecified atom stereocenters. The van der Waals surface area contributed by atoms with E-state index in [9.17, 15) is 9.59 Å². The van der Waals surface area contributed by atoms with Crippen molar-refractivity contribution in [2.24, 2.45) is 5.92 Å². The van der Waals surface area contributed by atoms with Crippen LogP contribution in [0.5, 0.6) is 0 Å². The standard InChI is InChI=1S/C17H22N2O3/c1-5-12(4)15(16(20)22-7-3)19-17(21)18-14-10-8-13(6-2)9-11-14/h2,8-12,15H,5,7H2,1,3-4H3,(H2,18,19,21)/t12-,15-/m0/s1. The van der Waals surface area contributed by atoms with Crippen LogP contribution in [0.2, 0.25) is 0 Å². The fourth-order valence-corrected chi connectivity index (χ4v) is 1.86. The number of rotatable bonds is 6. The summed E-state index contributed by atoms with van der Waals surface area (Å²) in [6.07, 6.45) is 6.03. The number of hydrogen-bond acceptors (Lipinski definition) is 3. The summed E-state index contributed by atoms with van der Waals surface area (Å²) in [6, 6.07) is 5.75. The summed E-state index contributed by atoms with van der Waals surface area (Å²) in [5.74, 6) is 2.06. The first-order chi connectivity index (χ1) is 10.5. The molecule has 1 aromatic carbocycles. The maximum Gasteiger partial charge on any atom is 0.328 e. The highest BCUT2D eigenvalue weighted by Crippen LogP contribution is 2.11. The quantitative estimate of drug-likeness (QED) is 0.627. The van der Waals surface area contributed by atoms with Gasteiger partial charge in [-0.2, -0.15) is 0 Å². The Morgan fingerprint density at radius 2 is 1.91 bits per heavy atom. The van der Waals surface area contributed by atoms with E-state index >= 15 is 0 Å². The summed E-state index contributed by atoms with van der Waals surface area (Å²) in [4.78, 5) is 24.0. The third-order valence-electron chi connectivity index (χ3n) is 3.35. The minimum atomic E-state index is -0.671. The van der Waals surface area contributed by atoms with Crippen molar-refractivity contribution in [1.82, 2.24) is 5.32 Å². The van der Waals surface area contributed by atoms with E-state index in [1.807, 2.05) is 13.8 Å². The lowest BCUT2D eigenvalue weighted by Crippen LogP contribution is -2.47. The summed E-state index contributed by atoms with van der Waals surface area (Å²) in [6.45, 7) is 5.86. The van der Waals surface area contributed by atoms with Crippen molar-refractivity contribution in [2.75, 3.05) is 11.9 Å². The average Bonchev–Trinajstić information content (AvgIpc) is 2.52. The number of esters is 1. The van der Waals surface area contributed by atoms with Crippen LogP contribution in [0.3, 0.4) is 0 Å². The van der Waals surface area contributed by atoms with E-state index in [0.717, 1.165) is 12.0 Å². The molecule has 0 bridgehead atoms. The molecule has 2 N–H and O–H groups in total. The van der Waals surface area contributed by atoms with Crippen LogP contribution in [0.4, 0.5) is 10.5 Å². The fraction of sp³-hybridized carbons (Fsp3) is 0.412. The smallest absolute Gasteiger partial charge is 0.328 e. The van der Waals surface area contributed by atoms with Crippen molar-refractivity contribution < 1.29 is 14.3 Å². The van der Waals surface area contributed by atoms with Gasteiger partial charge >= 0.3 is 12.0 Å². The molecule has 1 aromatic rings. The Morgan fingerprint density at radius 1 is 1.27 bits per heavy atom. The number of anilines is 1. The lowest BCUT2D eigenvalue weighted by molar-refractivity contribution is -0.146. The molecule has 0 saturated carbocycles. The van der Waals surface area contributed by atoms with Crippen LogP contribution in [0.25, 0.3) is 0 Å². The molecule has 0 heterocycles. The lowest BCUT2D eigenvalue weighted by Gasteiger charge is -2.22. The Balaban J connectivity index is 2.69. The van der Waals surface area contributed by atoms with Crippen molar-refractivity contribution in [1.29, 1.82) is 0 Å². The highest BCUT2D eigenvalue weighted by molar-refractivity contribution is 5.92. The molecule has 0 radical (unpaired) electrons. The molecule has 0 aliphatic carbocycles. The molecule has 0 aliphatic rings. The summed E-state index contributed by atoms with van der Waals surface area (Å²) in [5.41, 5.74) is 1.33. The van der Waals surface area contributed by atoms with Gasteiger partial charge in [-0.1, -0.05) is 26.2 Å². The van der Waals surface area contributed by atoms with Crippen LogP contribution in [0.1, 0.15) is 32.8 Å². The first kappa shape index (κ1) is 17.6. The van der Waals surface area contributed by atoms with E-state index in [1.165, 1.54) is 0 Å². The van der Waals surface area contributed by atoms with E-state index in [2.05, 4.69) is 16.6 Å². The molecular weight excluding hydrogens is 280 g/mol. The van der Waals surface area contributed by atoms with Gasteiger partial charge in [0.2, 0.25) is 0 Å². The van der Waals surface area contributed by atoms with Crippen LogP contribution in [0.15, 0.2) is 24.3 Å². The number of amides is 2. The van der Waals surface area contributed by atoms with Crippen LogP contribution in [0, 0.1) is 18.3 Å². The van der Waals surface area contributed by atoms with Gasteiger partial charge in [0.05, 0.1) is 6.61 Å². The Kier molecular flexibility index (Phi) is 6.97. The van der Waals surface area contributed by atoms with Crippen LogP contribution < -0.4 is 10.6 Å². The van der Waals surface area contributed by atoms with Crippen molar-refractivity contribution in [2.45, 2.75) is 33.2 Å². The Labute approximate surface area is 131 Å². The van der Waals surface area contributed by atoms with E-state index in [4.69, 9.17) is 11.2 Å². The molecule has 118 valence electrons. The van der Waals surface area contributed by atoms with Crippen molar-refractivity contribution in [3.63, 3.8) is 0 Å². The largest absolute Gasteiger partial charge is 0.464 e. The fourth-order valence-electron chi connectivity index (χ4n) is 1.86. The van der Waals surface area contributed by atoms with Gasteiger partial charge in [-0.25, -0.2) is 9.59 Å². The van der Waals surface area contributed by atoms with Gasteiger partial charge in [0.15, 0.2) is 0 Å². The van der Waals surface area contributed by atoms with E-state index in [-0.39, 0.29) is 12.5 Å². The molecule has 5 nitrogen and oxygen atoms in total. The number of terminal acetylenes is 1. The van der Waals surface area contributed by atoms with Crippen LogP contribution in [-0.4, -0.2) is 24.6 Å². The lowest BCUT2D eigenvalue weighted by atomic mass is 9.99. The molecule has 0 aromatic heterocycles. The maximum absolute atomic E-state index is 12.0. The Morgan fingerprint density at radius 3 is 2.41 bits per heavy atom. The van der Waals surface area contributed by atoms with Crippen molar-refractivity contribution in [3.05, 3.63) is 29.8 Å². The second-order valence-electron chi connectivity index (χ2n) is 4.94. The van der Waals surface area contributed by atoms with Crippen LogP contribution >= 0.6 is 0 Å². The molecule has 0 saturated heterocycles. The first-order valence-electron chi connectivity index (χ1n) is 7.32. The number of urea groups is 1. The topological polar surface area (TPSA) is 67.4 Å². The molecule has 1 rings (SSSR count). The Hall–Kier alpha value is -2.48. The van der Waals surface area contributed by atoms with Gasteiger partial charge in [-0.05, 0) is 37.1 Å². The molecular formula is C17H22N2O3. The second-order valence-corrected chi connectivity index (χ2v) is 4.94. The predicted molar refractivity (Wildman–Crippen MR) is 86.4 cm³/mol. The number of hydrogen-bond donors (Lipinski definition) is 2. The second kappa shape index (κ2) is 8.73. The zero-order chi connectivity index (χ0) is 16.5. The van der Waals surface area contributed by atoms with E-state index in [1.54, 1.807) is 31.2 Å². The number of ether oxygens (including phenoxy) is 1. The SMILES string of the molecule is C#Cc1ccc(NC(=O)N[C@H](C(=O)OCC)[C@@H](C)CC)cc1. The zero-order valence-corrected chi connectivity index (χ0v) is 13.2. The molecule has 2 amide bonds. The highest BCUT2D eigenvalue weighted by Gasteiger charge is 2.27. The van der Waals surface area contributed by atoms with E-state index < -0.39 is 18.0 Å². The third-order valence-corrected chi connectivity index (χ3v) is 3.35. The summed E-state index contributed by atoms with van der Waals surface area (Å²) >= 11 is 0. The monoisotopic (exact) mass is 302 g/mol. The molecule has 2 atom stereocenters. The minimum absolute atomic E-state index is 0.0198. The Bertz CT molecular complexity index is 546. The molecule has 0 fully saturated rings. The van der Waals surface area contributed by atoms with Crippen molar-refractivity contribution in [3.8, 4) is 12.3 Å². The molecule has 5 heteroatoms. The number of carbonyl (C=O) groups is 2. The number of nitrogens with one attached hydrogen (secondary N) is 2. The predicted octanol–water partition coefficient (Wildman–Crippen LogP) is 2.77. The van der Waals surface area contributed by atoms with Gasteiger partial charge < -0.3 is 15.4 Å².